The van der Waals surface area contributed by atoms with Gasteiger partial charge in [0.25, 0.3) is 0 Å². The van der Waals surface area contributed by atoms with Crippen LogP contribution in [-0.2, 0) is 18.4 Å². The van der Waals surface area contributed by atoms with Crippen molar-refractivity contribution in [1.29, 1.82) is 0 Å². The number of rotatable bonds is 8. The van der Waals surface area contributed by atoms with E-state index in [2.05, 4.69) is 41.5 Å². The molecule has 0 unspecified atom stereocenters. The van der Waals surface area contributed by atoms with Crippen LogP contribution in [0.5, 0.6) is 0 Å². The number of carbonyl (C=O) groups excluding carboxylic acids is 2. The molecule has 0 aliphatic rings. The van der Waals surface area contributed by atoms with Gasteiger partial charge in [0.1, 0.15) is 0 Å². The molecule has 0 heterocycles. The summed E-state index contributed by atoms with van der Waals surface area (Å²) in [5.41, 5.74) is 0. The predicted molar refractivity (Wildman–Crippen MR) is 177 cm³/mol. The van der Waals surface area contributed by atoms with E-state index in [1.807, 2.05) is 121 Å². The van der Waals surface area contributed by atoms with Gasteiger partial charge in [-0.15, -0.1) is 0 Å². The minimum atomic E-state index is -3.11. The molecule has 6 heteroatoms. The monoisotopic (exact) mass is 592 g/mol. The van der Waals surface area contributed by atoms with E-state index in [-0.39, 0.29) is 10.1 Å². The van der Waals surface area contributed by atoms with Crippen LogP contribution in [-0.4, -0.2) is 28.6 Å². The molecule has 0 N–H and O–H groups in total. The maximum atomic E-state index is 13.6. The highest BCUT2D eigenvalue weighted by Crippen LogP contribution is 2.38. The summed E-state index contributed by atoms with van der Waals surface area (Å²) < 4.78 is 13.0. The molecule has 0 saturated carbocycles. The van der Waals surface area contributed by atoms with Crippen LogP contribution in [0.3, 0.4) is 0 Å². The van der Waals surface area contributed by atoms with Crippen LogP contribution in [0.25, 0.3) is 0 Å². The second kappa shape index (κ2) is 12.5. The quantitative estimate of drug-likeness (QED) is 0.193. The summed E-state index contributed by atoms with van der Waals surface area (Å²) in [4.78, 5) is 27.2. The van der Waals surface area contributed by atoms with Gasteiger partial charge >= 0.3 is 28.6 Å². The number of benzene rings is 4. The highest BCUT2D eigenvalue weighted by molar-refractivity contribution is 7.01. The van der Waals surface area contributed by atoms with E-state index < -0.39 is 28.6 Å². The Bertz CT molecular complexity index is 1310. The van der Waals surface area contributed by atoms with Crippen molar-refractivity contribution in [3.05, 3.63) is 133 Å². The first kappa shape index (κ1) is 30.9. The lowest BCUT2D eigenvalue weighted by molar-refractivity contribution is -0.132. The zero-order valence-electron chi connectivity index (χ0n) is 25.3. The smallest absolute Gasteiger partial charge is 0.324 e. The zero-order valence-corrected chi connectivity index (χ0v) is 27.3. The van der Waals surface area contributed by atoms with Crippen LogP contribution in [0, 0.1) is 0 Å². The normalized spacial score (nSPS) is 12.6. The summed E-state index contributed by atoms with van der Waals surface area (Å²) in [6.45, 7) is 12.6. The molecule has 0 amide bonds. The van der Waals surface area contributed by atoms with Gasteiger partial charge in [0.15, 0.2) is 0 Å². The maximum absolute atomic E-state index is 13.6. The molecule has 4 aromatic rings. The Kier molecular flexibility index (Phi) is 9.19. The molecule has 4 aromatic carbocycles. The van der Waals surface area contributed by atoms with Gasteiger partial charge in [0.2, 0.25) is 0 Å². The van der Waals surface area contributed by atoms with Gasteiger partial charge in [0.05, 0.1) is 0 Å². The second-order valence-corrected chi connectivity index (χ2v) is 20.9. The second-order valence-electron chi connectivity index (χ2n) is 12.5. The van der Waals surface area contributed by atoms with Crippen LogP contribution in [0.2, 0.25) is 10.1 Å². The topological polar surface area (TPSA) is 52.6 Å². The summed E-state index contributed by atoms with van der Waals surface area (Å²) in [7, 11) is -6.22. The molecule has 0 saturated heterocycles. The summed E-state index contributed by atoms with van der Waals surface area (Å²) in [5.74, 6) is -1.13. The molecule has 4 nitrogen and oxygen atoms in total. The third-order valence-corrected chi connectivity index (χ3v) is 17.5. The van der Waals surface area contributed by atoms with Gasteiger partial charge in [-0.1, -0.05) is 163 Å². The fourth-order valence-corrected chi connectivity index (χ4v) is 14.4. The highest BCUT2D eigenvalue weighted by Gasteiger charge is 2.54. The largest absolute Gasteiger partial charge is 0.506 e. The van der Waals surface area contributed by atoms with E-state index in [1.165, 1.54) is 12.2 Å². The average molecular weight is 593 g/mol. The molecule has 0 fully saturated rings. The lowest BCUT2D eigenvalue weighted by Gasteiger charge is -2.42. The Morgan fingerprint density at radius 2 is 0.667 bits per heavy atom. The van der Waals surface area contributed by atoms with Crippen molar-refractivity contribution in [2.45, 2.75) is 51.6 Å². The molecular formula is C36H40O4Si2. The molecule has 42 heavy (non-hydrogen) atoms. The van der Waals surface area contributed by atoms with Gasteiger partial charge in [-0.2, -0.15) is 0 Å². The predicted octanol–water partition coefficient (Wildman–Crippen LogP) is 5.75. The Morgan fingerprint density at radius 1 is 0.452 bits per heavy atom. The molecule has 0 bridgehead atoms. The first-order chi connectivity index (χ1) is 19.9. The molecule has 0 atom stereocenters. The van der Waals surface area contributed by atoms with Crippen molar-refractivity contribution in [2.24, 2.45) is 0 Å². The lowest BCUT2D eigenvalue weighted by atomic mass is 10.2. The minimum Gasteiger partial charge on any atom is -0.506 e. The standard InChI is InChI=1S/C36H40O4Si2/c1-35(2,3)41(29-19-11-7-12-20-29,30-21-13-8-14-22-30)39-33(37)27-28-34(38)40-42(36(4,5)6,31-23-15-9-16-24-31)32-25-17-10-18-26-32/h7-28H,1-6H3. The fraction of sp³-hybridized carbons (Fsp3) is 0.222. The minimum absolute atomic E-state index is 0.380. The molecule has 0 spiro atoms. The van der Waals surface area contributed by atoms with Gasteiger partial charge in [0, 0.05) is 12.2 Å². The van der Waals surface area contributed by atoms with Crippen LogP contribution in [0.1, 0.15) is 41.5 Å². The third kappa shape index (κ3) is 6.10. The van der Waals surface area contributed by atoms with Crippen LogP contribution in [0.4, 0.5) is 0 Å². The van der Waals surface area contributed by atoms with Crippen LogP contribution >= 0.6 is 0 Å². The summed E-state index contributed by atoms with van der Waals surface area (Å²) >= 11 is 0. The Hall–Kier alpha value is -4.01. The molecular weight excluding hydrogens is 553 g/mol. The van der Waals surface area contributed by atoms with E-state index in [0.29, 0.717) is 0 Å². The summed E-state index contributed by atoms with van der Waals surface area (Å²) in [5, 5.41) is 3.19. The first-order valence-corrected chi connectivity index (χ1v) is 18.1. The zero-order chi connectivity index (χ0) is 30.4. The fourth-order valence-electron chi connectivity index (χ4n) is 5.80. The van der Waals surface area contributed by atoms with Gasteiger partial charge < -0.3 is 8.85 Å². The average Bonchev–Trinajstić information content (AvgIpc) is 2.98. The molecule has 0 aromatic heterocycles. The van der Waals surface area contributed by atoms with Crippen molar-refractivity contribution in [1.82, 2.24) is 0 Å². The number of hydrogen-bond acceptors (Lipinski definition) is 4. The van der Waals surface area contributed by atoms with E-state index in [1.54, 1.807) is 0 Å². The lowest BCUT2D eigenvalue weighted by Crippen LogP contribution is -2.67. The molecule has 216 valence electrons. The Morgan fingerprint density at radius 3 is 0.857 bits per heavy atom. The Balaban J connectivity index is 1.71. The number of hydrogen-bond donors (Lipinski definition) is 0. The summed E-state index contributed by atoms with van der Waals surface area (Å²) in [6.07, 6.45) is 2.44. The molecule has 0 radical (unpaired) electrons. The first-order valence-electron chi connectivity index (χ1n) is 14.3. The van der Waals surface area contributed by atoms with E-state index in [0.717, 1.165) is 20.7 Å². The van der Waals surface area contributed by atoms with Crippen molar-refractivity contribution in [3.8, 4) is 0 Å². The van der Waals surface area contributed by atoms with Crippen molar-refractivity contribution in [2.75, 3.05) is 0 Å². The van der Waals surface area contributed by atoms with E-state index in [4.69, 9.17) is 8.85 Å². The van der Waals surface area contributed by atoms with E-state index >= 15 is 0 Å². The highest BCUT2D eigenvalue weighted by atomic mass is 28.4. The van der Waals surface area contributed by atoms with Crippen molar-refractivity contribution in [3.63, 3.8) is 0 Å². The Labute approximate surface area is 252 Å². The van der Waals surface area contributed by atoms with Gasteiger partial charge in [-0.3, -0.25) is 0 Å². The van der Waals surface area contributed by atoms with E-state index in [9.17, 15) is 9.59 Å². The molecule has 0 aliphatic carbocycles. The molecule has 0 aliphatic heterocycles. The summed E-state index contributed by atoms with van der Waals surface area (Å²) in [6, 6.07) is 39.8. The van der Waals surface area contributed by atoms with Crippen molar-refractivity contribution < 1.29 is 18.4 Å². The van der Waals surface area contributed by atoms with Crippen molar-refractivity contribution >= 4 is 49.3 Å². The van der Waals surface area contributed by atoms with Gasteiger partial charge in [-0.25, -0.2) is 9.59 Å². The molecule has 4 rings (SSSR count). The third-order valence-electron chi connectivity index (χ3n) is 7.70. The van der Waals surface area contributed by atoms with Gasteiger partial charge in [-0.05, 0) is 30.8 Å². The van der Waals surface area contributed by atoms with Crippen LogP contribution < -0.4 is 20.7 Å². The number of carbonyl (C=O) groups is 2. The SMILES string of the molecule is CC(C)(C)[Si](OC(=O)C=CC(=O)O[Si](c1ccccc1)(c1ccccc1)C(C)(C)C)(c1ccccc1)c1ccccc1. The maximum Gasteiger partial charge on any atom is 0.324 e. The van der Waals surface area contributed by atoms with Crippen LogP contribution in [0.15, 0.2) is 133 Å².